The standard InChI is InChI=1S/C25H21F3N2O2.ClH/c1-29-11-2-3-22-21(15-29)20-9-8-19(14-23(20)32-22)30-12-10-17(13-24(30)31)16-4-6-18(7-5-16)25(26,27)28;/h4-10,12-14H,2-3,11,15H2,1H3;1H. The Morgan fingerprint density at radius 1 is 0.970 bits per heavy atom. The van der Waals surface area contributed by atoms with E-state index in [9.17, 15) is 18.0 Å². The third-order valence-corrected chi connectivity index (χ3v) is 5.98. The predicted octanol–water partition coefficient (Wildman–Crippen LogP) is 6.07. The van der Waals surface area contributed by atoms with Gasteiger partial charge in [-0.15, -0.1) is 12.4 Å². The van der Waals surface area contributed by atoms with Crippen LogP contribution in [0.5, 0.6) is 0 Å². The molecule has 0 amide bonds. The Balaban J connectivity index is 0.00000259. The van der Waals surface area contributed by atoms with Gasteiger partial charge in [0.05, 0.1) is 11.3 Å². The highest BCUT2D eigenvalue weighted by Crippen LogP contribution is 2.32. The van der Waals surface area contributed by atoms with Crippen molar-refractivity contribution >= 4 is 23.4 Å². The van der Waals surface area contributed by atoms with Gasteiger partial charge in [-0.3, -0.25) is 9.36 Å². The largest absolute Gasteiger partial charge is 0.461 e. The van der Waals surface area contributed by atoms with Crippen molar-refractivity contribution in [3.8, 4) is 16.8 Å². The van der Waals surface area contributed by atoms with Crippen LogP contribution in [0.15, 0.2) is 70.0 Å². The predicted molar refractivity (Wildman–Crippen MR) is 124 cm³/mol. The second-order valence-corrected chi connectivity index (χ2v) is 8.22. The lowest BCUT2D eigenvalue weighted by molar-refractivity contribution is -0.137. The Morgan fingerprint density at radius 3 is 2.42 bits per heavy atom. The Labute approximate surface area is 194 Å². The first-order chi connectivity index (χ1) is 15.3. The summed E-state index contributed by atoms with van der Waals surface area (Å²) in [7, 11) is 2.10. The summed E-state index contributed by atoms with van der Waals surface area (Å²) in [6.07, 6.45) is -0.815. The molecule has 4 nitrogen and oxygen atoms in total. The molecule has 5 rings (SSSR count). The van der Waals surface area contributed by atoms with Crippen LogP contribution in [-0.2, 0) is 19.1 Å². The van der Waals surface area contributed by atoms with Gasteiger partial charge < -0.3 is 9.32 Å². The Kier molecular flexibility index (Phi) is 6.12. The summed E-state index contributed by atoms with van der Waals surface area (Å²) < 4.78 is 46.0. The average Bonchev–Trinajstić information content (AvgIpc) is 2.98. The maximum absolute atomic E-state index is 12.8. The van der Waals surface area contributed by atoms with E-state index in [0.29, 0.717) is 16.8 Å². The third-order valence-electron chi connectivity index (χ3n) is 5.98. The van der Waals surface area contributed by atoms with Crippen LogP contribution >= 0.6 is 12.4 Å². The Bertz CT molecular complexity index is 1360. The molecule has 33 heavy (non-hydrogen) atoms. The van der Waals surface area contributed by atoms with Gasteiger partial charge in [0.1, 0.15) is 11.3 Å². The first-order valence-electron chi connectivity index (χ1n) is 10.4. The van der Waals surface area contributed by atoms with E-state index >= 15 is 0 Å². The molecule has 0 N–H and O–H groups in total. The van der Waals surface area contributed by atoms with Crippen molar-refractivity contribution in [1.29, 1.82) is 0 Å². The maximum atomic E-state index is 12.8. The molecule has 0 aliphatic carbocycles. The molecular weight excluding hydrogens is 453 g/mol. The highest BCUT2D eigenvalue weighted by atomic mass is 35.5. The molecule has 0 bridgehead atoms. The van der Waals surface area contributed by atoms with Crippen LogP contribution in [0.25, 0.3) is 27.8 Å². The monoisotopic (exact) mass is 474 g/mol. The lowest BCUT2D eigenvalue weighted by Crippen LogP contribution is -2.17. The van der Waals surface area contributed by atoms with E-state index in [4.69, 9.17) is 4.42 Å². The zero-order valence-electron chi connectivity index (χ0n) is 17.9. The van der Waals surface area contributed by atoms with E-state index in [1.807, 2.05) is 18.2 Å². The van der Waals surface area contributed by atoms with Crippen molar-refractivity contribution in [2.45, 2.75) is 25.6 Å². The van der Waals surface area contributed by atoms with Crippen LogP contribution in [0.1, 0.15) is 23.3 Å². The molecule has 2 aromatic heterocycles. The molecule has 0 unspecified atom stereocenters. The third kappa shape index (κ3) is 4.43. The molecule has 0 atom stereocenters. The summed E-state index contributed by atoms with van der Waals surface area (Å²) in [6.45, 7) is 1.87. The number of rotatable bonds is 2. The fourth-order valence-electron chi connectivity index (χ4n) is 4.30. The summed E-state index contributed by atoms with van der Waals surface area (Å²) >= 11 is 0. The Hall–Kier alpha value is -3.03. The minimum Gasteiger partial charge on any atom is -0.461 e. The summed E-state index contributed by atoms with van der Waals surface area (Å²) in [4.78, 5) is 15.1. The summed E-state index contributed by atoms with van der Waals surface area (Å²) in [6, 6.07) is 13.7. The highest BCUT2D eigenvalue weighted by Gasteiger charge is 2.30. The molecule has 1 aliphatic rings. The van der Waals surface area contributed by atoms with Gasteiger partial charge in [0, 0.05) is 42.2 Å². The van der Waals surface area contributed by atoms with Gasteiger partial charge in [-0.05, 0) is 61.5 Å². The minimum atomic E-state index is -4.39. The second-order valence-electron chi connectivity index (χ2n) is 8.22. The van der Waals surface area contributed by atoms with Crippen molar-refractivity contribution in [2.75, 3.05) is 13.6 Å². The minimum absolute atomic E-state index is 0. The number of benzene rings is 2. The van der Waals surface area contributed by atoms with Crippen LogP contribution < -0.4 is 5.56 Å². The Morgan fingerprint density at radius 2 is 1.73 bits per heavy atom. The molecule has 2 aromatic carbocycles. The number of pyridine rings is 1. The zero-order chi connectivity index (χ0) is 22.5. The lowest BCUT2D eigenvalue weighted by Gasteiger charge is -2.12. The van der Waals surface area contributed by atoms with E-state index in [2.05, 4.69) is 11.9 Å². The fourth-order valence-corrected chi connectivity index (χ4v) is 4.30. The molecule has 0 fully saturated rings. The number of aryl methyl sites for hydroxylation is 1. The fraction of sp³-hybridized carbons (Fsp3) is 0.240. The smallest absolute Gasteiger partial charge is 0.416 e. The van der Waals surface area contributed by atoms with E-state index < -0.39 is 11.7 Å². The van der Waals surface area contributed by atoms with Gasteiger partial charge in [-0.1, -0.05) is 12.1 Å². The van der Waals surface area contributed by atoms with Crippen molar-refractivity contribution in [3.05, 3.63) is 88.0 Å². The van der Waals surface area contributed by atoms with Gasteiger partial charge in [-0.2, -0.15) is 13.2 Å². The van der Waals surface area contributed by atoms with Gasteiger partial charge in [0.2, 0.25) is 0 Å². The number of alkyl halides is 3. The molecule has 4 aromatic rings. The number of aromatic nitrogens is 1. The van der Waals surface area contributed by atoms with Crippen molar-refractivity contribution in [2.24, 2.45) is 0 Å². The number of hydrogen-bond donors (Lipinski definition) is 0. The number of furan rings is 1. The molecular formula is C25H22ClF3N2O2. The molecule has 0 spiro atoms. The number of nitrogens with zero attached hydrogens (tertiary/aromatic N) is 2. The first-order valence-corrected chi connectivity index (χ1v) is 10.4. The summed E-state index contributed by atoms with van der Waals surface area (Å²) in [5, 5.41) is 1.06. The molecule has 0 saturated heterocycles. The molecule has 0 radical (unpaired) electrons. The van der Waals surface area contributed by atoms with E-state index in [-0.39, 0.29) is 18.0 Å². The first kappa shape index (κ1) is 23.1. The van der Waals surface area contributed by atoms with Crippen molar-refractivity contribution in [3.63, 3.8) is 0 Å². The van der Waals surface area contributed by atoms with Crippen LogP contribution in [0.4, 0.5) is 13.2 Å². The zero-order valence-corrected chi connectivity index (χ0v) is 18.7. The van der Waals surface area contributed by atoms with Gasteiger partial charge in [0.15, 0.2) is 0 Å². The van der Waals surface area contributed by atoms with E-state index in [1.54, 1.807) is 12.3 Å². The summed E-state index contributed by atoms with van der Waals surface area (Å²) in [5.74, 6) is 1.01. The van der Waals surface area contributed by atoms with Gasteiger partial charge in [0.25, 0.3) is 5.56 Å². The van der Waals surface area contributed by atoms with Crippen molar-refractivity contribution in [1.82, 2.24) is 9.47 Å². The number of fused-ring (bicyclic) bond motifs is 3. The van der Waals surface area contributed by atoms with Crippen LogP contribution in [0, 0.1) is 0 Å². The van der Waals surface area contributed by atoms with Gasteiger partial charge in [-0.25, -0.2) is 0 Å². The number of hydrogen-bond acceptors (Lipinski definition) is 3. The molecule has 8 heteroatoms. The second kappa shape index (κ2) is 8.72. The van der Waals surface area contributed by atoms with E-state index in [0.717, 1.165) is 54.8 Å². The lowest BCUT2D eigenvalue weighted by atomic mass is 10.0. The van der Waals surface area contributed by atoms with E-state index in [1.165, 1.54) is 28.3 Å². The molecule has 3 heterocycles. The normalized spacial score (nSPS) is 14.5. The topological polar surface area (TPSA) is 38.4 Å². The molecule has 0 saturated carbocycles. The average molecular weight is 475 g/mol. The van der Waals surface area contributed by atoms with Crippen LogP contribution in [-0.4, -0.2) is 23.1 Å². The molecule has 172 valence electrons. The SMILES string of the molecule is CN1CCCc2oc3cc(-n4ccc(-c5ccc(C(F)(F)F)cc5)cc4=O)ccc3c2C1.Cl. The summed E-state index contributed by atoms with van der Waals surface area (Å²) in [5.41, 5.74) is 2.77. The quantitative estimate of drug-likeness (QED) is 0.354. The number of halogens is 4. The van der Waals surface area contributed by atoms with Crippen molar-refractivity contribution < 1.29 is 17.6 Å². The maximum Gasteiger partial charge on any atom is 0.416 e. The highest BCUT2D eigenvalue weighted by molar-refractivity contribution is 5.85. The van der Waals surface area contributed by atoms with Gasteiger partial charge >= 0.3 is 6.18 Å². The van der Waals surface area contributed by atoms with Crippen LogP contribution in [0.2, 0.25) is 0 Å². The van der Waals surface area contributed by atoms with Crippen LogP contribution in [0.3, 0.4) is 0 Å². The molecule has 1 aliphatic heterocycles.